The first kappa shape index (κ1) is 17.1. The molecule has 1 saturated carbocycles. The molecule has 4 aromatic rings. The summed E-state index contributed by atoms with van der Waals surface area (Å²) in [6.07, 6.45) is 11.8. The molecule has 0 aliphatic heterocycles. The first-order valence-corrected chi connectivity index (χ1v) is 9.76. The van der Waals surface area contributed by atoms with Crippen molar-refractivity contribution in [2.24, 2.45) is 0 Å². The van der Waals surface area contributed by atoms with E-state index in [9.17, 15) is 5.11 Å². The first-order chi connectivity index (χ1) is 13.6. The Kier molecular flexibility index (Phi) is 4.01. The summed E-state index contributed by atoms with van der Waals surface area (Å²) in [6, 6.07) is 4.27. The second-order valence-electron chi connectivity index (χ2n) is 7.67. The van der Waals surface area contributed by atoms with Crippen molar-refractivity contribution in [2.75, 3.05) is 5.32 Å². The lowest BCUT2D eigenvalue weighted by Crippen LogP contribution is -2.38. The molecule has 0 amide bonds. The lowest BCUT2D eigenvalue weighted by molar-refractivity contribution is -0.00197. The fourth-order valence-corrected chi connectivity index (χ4v) is 4.04. The van der Waals surface area contributed by atoms with Crippen molar-refractivity contribution in [1.29, 1.82) is 0 Å². The average Bonchev–Trinajstić information content (AvgIpc) is 3.35. The highest BCUT2D eigenvalue weighted by molar-refractivity contribution is 5.93. The van der Waals surface area contributed by atoms with Gasteiger partial charge in [0.25, 0.3) is 0 Å². The van der Waals surface area contributed by atoms with Crippen LogP contribution >= 0.6 is 0 Å². The molecule has 4 heterocycles. The molecule has 0 spiro atoms. The molecule has 1 aliphatic carbocycles. The predicted octanol–water partition coefficient (Wildman–Crippen LogP) is 3.16. The van der Waals surface area contributed by atoms with E-state index >= 15 is 0 Å². The van der Waals surface area contributed by atoms with Gasteiger partial charge in [-0.15, -0.1) is 10.2 Å². The maximum absolute atomic E-state index is 10.4. The second kappa shape index (κ2) is 6.56. The molecule has 0 radical (unpaired) electrons. The van der Waals surface area contributed by atoms with Gasteiger partial charge in [-0.1, -0.05) is 6.92 Å². The fraction of sp³-hybridized carbons (Fsp3) is 0.400. The van der Waals surface area contributed by atoms with E-state index in [-0.39, 0.29) is 0 Å². The predicted molar refractivity (Wildman–Crippen MR) is 107 cm³/mol. The Morgan fingerprint density at radius 2 is 2.18 bits per heavy atom. The quantitative estimate of drug-likeness (QED) is 0.505. The normalized spacial score (nSPS) is 22.7. The Hall–Kier alpha value is -3.00. The molecule has 8 nitrogen and oxygen atoms in total. The lowest BCUT2D eigenvalue weighted by atomic mass is 9.80. The summed E-state index contributed by atoms with van der Waals surface area (Å²) in [5.41, 5.74) is 3.21. The number of aromatic nitrogens is 6. The Morgan fingerprint density at radius 3 is 3.00 bits per heavy atom. The van der Waals surface area contributed by atoms with Crippen LogP contribution in [-0.2, 0) is 0 Å². The van der Waals surface area contributed by atoms with Crippen molar-refractivity contribution < 1.29 is 5.11 Å². The zero-order valence-corrected chi connectivity index (χ0v) is 15.8. The molecular weight excluding hydrogens is 354 g/mol. The molecule has 8 heteroatoms. The molecule has 144 valence electrons. The van der Waals surface area contributed by atoms with Crippen LogP contribution in [-0.4, -0.2) is 46.3 Å². The van der Waals surface area contributed by atoms with E-state index in [1.165, 1.54) is 0 Å². The Bertz CT molecular complexity index is 1120. The van der Waals surface area contributed by atoms with Gasteiger partial charge in [0, 0.05) is 41.1 Å². The number of aliphatic hydroxyl groups is 1. The molecule has 0 bridgehead atoms. The van der Waals surface area contributed by atoms with Crippen LogP contribution in [0.5, 0.6) is 0 Å². The third-order valence-electron chi connectivity index (χ3n) is 5.94. The maximum atomic E-state index is 10.4. The first-order valence-electron chi connectivity index (χ1n) is 9.76. The summed E-state index contributed by atoms with van der Waals surface area (Å²) in [5, 5.41) is 22.8. The van der Waals surface area contributed by atoms with E-state index in [0.29, 0.717) is 12.0 Å². The number of hydrogen-bond acceptors (Lipinski definition) is 6. The number of nitrogens with one attached hydrogen (secondary N) is 2. The Labute approximate surface area is 162 Å². The number of H-pyrrole nitrogens is 1. The molecule has 1 aliphatic rings. The Balaban J connectivity index is 1.38. The van der Waals surface area contributed by atoms with Crippen molar-refractivity contribution >= 4 is 22.6 Å². The zero-order valence-electron chi connectivity index (χ0n) is 15.8. The molecule has 5 rings (SSSR count). The molecule has 0 atom stereocenters. The number of fused-ring (bicyclic) bond motifs is 2. The van der Waals surface area contributed by atoms with Crippen molar-refractivity contribution in [1.82, 2.24) is 29.5 Å². The molecule has 3 N–H and O–H groups in total. The topological polar surface area (TPSA) is 104 Å². The van der Waals surface area contributed by atoms with Crippen LogP contribution in [0.2, 0.25) is 0 Å². The van der Waals surface area contributed by atoms with Gasteiger partial charge in [-0.2, -0.15) is 4.98 Å². The van der Waals surface area contributed by atoms with Crippen LogP contribution in [0.1, 0.15) is 39.0 Å². The molecule has 0 aromatic carbocycles. The third-order valence-corrected chi connectivity index (χ3v) is 5.94. The molecule has 28 heavy (non-hydrogen) atoms. The highest BCUT2D eigenvalue weighted by atomic mass is 16.3. The van der Waals surface area contributed by atoms with E-state index < -0.39 is 5.60 Å². The Morgan fingerprint density at radius 1 is 1.32 bits per heavy atom. The van der Waals surface area contributed by atoms with Gasteiger partial charge < -0.3 is 15.4 Å². The van der Waals surface area contributed by atoms with Gasteiger partial charge in [-0.25, -0.2) is 4.98 Å². The molecule has 0 saturated heterocycles. The number of hydrogen-bond donors (Lipinski definition) is 3. The highest BCUT2D eigenvalue weighted by Crippen LogP contribution is 2.32. The monoisotopic (exact) mass is 377 g/mol. The van der Waals surface area contributed by atoms with Crippen molar-refractivity contribution in [3.05, 3.63) is 37.1 Å². The van der Waals surface area contributed by atoms with E-state index in [2.05, 4.69) is 37.4 Å². The summed E-state index contributed by atoms with van der Waals surface area (Å²) >= 11 is 0. The van der Waals surface area contributed by atoms with Gasteiger partial charge in [-0.3, -0.25) is 4.40 Å². The van der Waals surface area contributed by atoms with Gasteiger partial charge in [-0.05, 0) is 44.2 Å². The minimum absolute atomic E-state index is 0.301. The number of aromatic amines is 1. The second-order valence-corrected chi connectivity index (χ2v) is 7.67. The van der Waals surface area contributed by atoms with Crippen LogP contribution in [0.3, 0.4) is 0 Å². The average molecular weight is 377 g/mol. The standard InChI is InChI=1S/C20H23N7O/c1-2-20(28)7-5-14(6-8-20)24-19-22-10-16-15(9-21-18(16)25-19)13-3-4-17-26-23-12-27(17)11-13/h3-4,9-12,14,28H,2,5-8H2,1H3,(H2,21,22,24,25)/t14-,20+. The van der Waals surface area contributed by atoms with E-state index in [1.807, 2.05) is 35.1 Å². The van der Waals surface area contributed by atoms with E-state index in [0.717, 1.165) is 59.9 Å². The maximum Gasteiger partial charge on any atom is 0.224 e. The number of pyridine rings is 1. The van der Waals surface area contributed by atoms with Gasteiger partial charge >= 0.3 is 0 Å². The molecule has 4 aromatic heterocycles. The van der Waals surface area contributed by atoms with Crippen LogP contribution in [0, 0.1) is 0 Å². The lowest BCUT2D eigenvalue weighted by Gasteiger charge is -2.35. The number of nitrogens with zero attached hydrogens (tertiary/aromatic N) is 5. The number of rotatable bonds is 4. The summed E-state index contributed by atoms with van der Waals surface area (Å²) < 4.78 is 1.89. The zero-order chi connectivity index (χ0) is 19.1. The van der Waals surface area contributed by atoms with Crippen LogP contribution in [0.15, 0.2) is 37.1 Å². The molecule has 0 unspecified atom stereocenters. The highest BCUT2D eigenvalue weighted by Gasteiger charge is 2.31. The van der Waals surface area contributed by atoms with Gasteiger partial charge in [0.2, 0.25) is 5.95 Å². The van der Waals surface area contributed by atoms with Crippen molar-refractivity contribution in [2.45, 2.75) is 50.7 Å². The number of anilines is 1. The van der Waals surface area contributed by atoms with Crippen molar-refractivity contribution in [3.63, 3.8) is 0 Å². The van der Waals surface area contributed by atoms with Gasteiger partial charge in [0.1, 0.15) is 12.0 Å². The minimum atomic E-state index is -0.497. The third kappa shape index (κ3) is 2.99. The van der Waals surface area contributed by atoms with Crippen molar-refractivity contribution in [3.8, 4) is 11.1 Å². The molecular formula is C20H23N7O. The summed E-state index contributed by atoms with van der Waals surface area (Å²) in [7, 11) is 0. The smallest absolute Gasteiger partial charge is 0.224 e. The van der Waals surface area contributed by atoms with Gasteiger partial charge in [0.05, 0.1) is 5.60 Å². The summed E-state index contributed by atoms with van der Waals surface area (Å²) in [6.45, 7) is 2.05. The van der Waals surface area contributed by atoms with E-state index in [1.54, 1.807) is 6.33 Å². The molecule has 1 fully saturated rings. The summed E-state index contributed by atoms with van der Waals surface area (Å²) in [4.78, 5) is 12.4. The summed E-state index contributed by atoms with van der Waals surface area (Å²) in [5.74, 6) is 0.627. The van der Waals surface area contributed by atoms with Crippen LogP contribution < -0.4 is 5.32 Å². The van der Waals surface area contributed by atoms with Gasteiger partial charge in [0.15, 0.2) is 5.65 Å². The largest absolute Gasteiger partial charge is 0.390 e. The minimum Gasteiger partial charge on any atom is -0.390 e. The SMILES string of the molecule is CC[C@]1(O)CC[C@@H](Nc2ncc3c(-c4ccc5nncn5c4)c[nH]c3n2)CC1. The van der Waals surface area contributed by atoms with E-state index in [4.69, 9.17) is 0 Å². The van der Waals surface area contributed by atoms with Crippen LogP contribution in [0.4, 0.5) is 5.95 Å². The van der Waals surface area contributed by atoms with Crippen LogP contribution in [0.25, 0.3) is 27.8 Å². The fourth-order valence-electron chi connectivity index (χ4n) is 4.04.